The molecule has 0 N–H and O–H groups in total. The molecule has 7 nitrogen and oxygen atoms in total. The lowest BCUT2D eigenvalue weighted by Gasteiger charge is -2.32. The van der Waals surface area contributed by atoms with Crippen LogP contribution in [0, 0.1) is 18.3 Å². The van der Waals surface area contributed by atoms with Crippen molar-refractivity contribution in [2.24, 2.45) is 7.05 Å². The van der Waals surface area contributed by atoms with Gasteiger partial charge in [0.05, 0.1) is 18.1 Å². The number of ether oxygens (including phenoxy) is 1. The van der Waals surface area contributed by atoms with E-state index in [0.717, 1.165) is 18.4 Å². The molecule has 178 valence electrons. The van der Waals surface area contributed by atoms with E-state index >= 15 is 0 Å². The number of carbonyl (C=O) groups is 1. The Morgan fingerprint density at radius 2 is 1.82 bits per heavy atom. The van der Waals surface area contributed by atoms with Crippen molar-refractivity contribution in [3.63, 3.8) is 0 Å². The van der Waals surface area contributed by atoms with E-state index in [-0.39, 0.29) is 17.0 Å². The minimum atomic E-state index is -0.329. The topological polar surface area (TPSA) is 78.6 Å². The van der Waals surface area contributed by atoms with Crippen molar-refractivity contribution in [1.29, 1.82) is 5.26 Å². The van der Waals surface area contributed by atoms with E-state index in [1.165, 1.54) is 42.0 Å². The predicted molar refractivity (Wildman–Crippen MR) is 137 cm³/mol. The number of thioether (sulfide) groups is 1. The van der Waals surface area contributed by atoms with Crippen molar-refractivity contribution in [1.82, 2.24) is 9.47 Å². The fraction of sp³-hybridized carbons (Fsp3) is 0.583. The summed E-state index contributed by atoms with van der Waals surface area (Å²) >= 11 is 6.80. The van der Waals surface area contributed by atoms with E-state index in [1.807, 2.05) is 6.07 Å². The van der Waals surface area contributed by atoms with Gasteiger partial charge in [-0.2, -0.15) is 5.26 Å². The Morgan fingerprint density at radius 3 is 2.48 bits per heavy atom. The zero-order valence-electron chi connectivity index (χ0n) is 19.7. The number of morpholine rings is 1. The van der Waals surface area contributed by atoms with Crippen LogP contribution in [-0.2, 0) is 16.6 Å². The molecule has 0 atom stereocenters. The lowest BCUT2D eigenvalue weighted by atomic mass is 10.0. The number of carbonyl (C=O) groups excluding carboxylic acids is 1. The summed E-state index contributed by atoms with van der Waals surface area (Å²) in [7, 11) is 1.68. The summed E-state index contributed by atoms with van der Waals surface area (Å²) in [5.41, 5.74) is 1.08. The number of hydrogen-bond donors (Lipinski definition) is 0. The van der Waals surface area contributed by atoms with Gasteiger partial charge in [-0.1, -0.05) is 63.0 Å². The smallest absolute Gasteiger partial charge is 0.270 e. The minimum absolute atomic E-state index is 0.0988. The minimum Gasteiger partial charge on any atom is -0.378 e. The lowest BCUT2D eigenvalue weighted by molar-refractivity contribution is -0.122. The first-order valence-corrected chi connectivity index (χ1v) is 12.8. The van der Waals surface area contributed by atoms with Gasteiger partial charge in [0.2, 0.25) is 0 Å². The molecule has 0 aliphatic carbocycles. The molecule has 0 aromatic carbocycles. The van der Waals surface area contributed by atoms with Crippen LogP contribution >= 0.6 is 24.0 Å². The SMILES string of the molecule is CCCCCCCCN1C(=O)C(=Cc2c(C)c(C#N)c(=O)n(C)c2N2CCOCC2)SC1=S. The second-order valence-corrected chi connectivity index (χ2v) is 10.1. The molecule has 0 unspecified atom stereocenters. The van der Waals surface area contributed by atoms with Crippen LogP contribution in [-0.4, -0.2) is 52.5 Å². The van der Waals surface area contributed by atoms with Gasteiger partial charge in [-0.3, -0.25) is 19.1 Å². The van der Waals surface area contributed by atoms with Gasteiger partial charge in [0.1, 0.15) is 21.8 Å². The molecule has 2 fully saturated rings. The zero-order valence-corrected chi connectivity index (χ0v) is 21.3. The molecule has 0 saturated carbocycles. The number of pyridine rings is 1. The molecule has 3 rings (SSSR count). The van der Waals surface area contributed by atoms with Gasteiger partial charge in [0.15, 0.2) is 0 Å². The summed E-state index contributed by atoms with van der Waals surface area (Å²) in [6.07, 6.45) is 8.69. The summed E-state index contributed by atoms with van der Waals surface area (Å²) in [4.78, 5) is 30.3. The summed E-state index contributed by atoms with van der Waals surface area (Å²) in [6.45, 7) is 6.99. The zero-order chi connectivity index (χ0) is 24.0. The van der Waals surface area contributed by atoms with Crippen molar-refractivity contribution in [3.8, 4) is 6.07 Å². The Morgan fingerprint density at radius 1 is 1.15 bits per heavy atom. The quantitative estimate of drug-likeness (QED) is 0.296. The van der Waals surface area contributed by atoms with Crippen molar-refractivity contribution in [2.45, 2.75) is 52.4 Å². The number of anilines is 1. The second-order valence-electron chi connectivity index (χ2n) is 8.41. The van der Waals surface area contributed by atoms with E-state index < -0.39 is 0 Å². The molecule has 0 bridgehead atoms. The van der Waals surface area contributed by atoms with Crippen LogP contribution in [0.2, 0.25) is 0 Å². The average Bonchev–Trinajstić information content (AvgIpc) is 3.08. The highest BCUT2D eigenvalue weighted by Gasteiger charge is 2.33. The molecule has 0 spiro atoms. The van der Waals surface area contributed by atoms with Gasteiger partial charge in [-0.05, 0) is 25.0 Å². The Kier molecular flexibility index (Phi) is 9.12. The second kappa shape index (κ2) is 11.8. The van der Waals surface area contributed by atoms with E-state index in [4.69, 9.17) is 17.0 Å². The molecular formula is C24H32N4O3S2. The highest BCUT2D eigenvalue weighted by molar-refractivity contribution is 8.26. The van der Waals surface area contributed by atoms with Gasteiger partial charge in [-0.15, -0.1) is 0 Å². The molecular weight excluding hydrogens is 456 g/mol. The average molecular weight is 489 g/mol. The molecule has 1 aromatic rings. The number of nitrogens with zero attached hydrogens (tertiary/aromatic N) is 4. The van der Waals surface area contributed by atoms with E-state index in [0.29, 0.717) is 53.5 Å². The fourth-order valence-corrected chi connectivity index (χ4v) is 5.53. The van der Waals surface area contributed by atoms with E-state index in [9.17, 15) is 14.9 Å². The third-order valence-electron chi connectivity index (χ3n) is 6.16. The normalized spacial score (nSPS) is 17.8. The van der Waals surface area contributed by atoms with Crippen LogP contribution in [0.3, 0.4) is 0 Å². The van der Waals surface area contributed by atoms with E-state index in [2.05, 4.69) is 11.8 Å². The largest absolute Gasteiger partial charge is 0.378 e. The number of hydrogen-bond acceptors (Lipinski definition) is 7. The van der Waals surface area contributed by atoms with Crippen molar-refractivity contribution >= 4 is 46.1 Å². The van der Waals surface area contributed by atoms with Crippen LogP contribution in [0.15, 0.2) is 9.70 Å². The molecule has 1 amide bonds. The Hall–Kier alpha value is -2.15. The molecule has 2 aliphatic rings. The van der Waals surface area contributed by atoms with Gasteiger partial charge >= 0.3 is 0 Å². The number of thiocarbonyl (C=S) groups is 1. The van der Waals surface area contributed by atoms with Gasteiger partial charge in [0.25, 0.3) is 11.5 Å². The molecule has 1 aromatic heterocycles. The highest BCUT2D eigenvalue weighted by Crippen LogP contribution is 2.36. The number of rotatable bonds is 9. The van der Waals surface area contributed by atoms with Crippen LogP contribution < -0.4 is 10.5 Å². The molecule has 3 heterocycles. The first-order valence-electron chi connectivity index (χ1n) is 11.6. The number of aromatic nitrogens is 1. The van der Waals surface area contributed by atoms with Gasteiger partial charge < -0.3 is 9.64 Å². The fourth-order valence-electron chi connectivity index (χ4n) is 4.24. The Labute approximate surface area is 205 Å². The lowest BCUT2D eigenvalue weighted by Crippen LogP contribution is -2.40. The Bertz CT molecular complexity index is 1040. The monoisotopic (exact) mass is 488 g/mol. The first-order chi connectivity index (χ1) is 15.9. The molecule has 9 heteroatoms. The molecule has 33 heavy (non-hydrogen) atoms. The van der Waals surface area contributed by atoms with Gasteiger partial charge in [-0.25, -0.2) is 0 Å². The highest BCUT2D eigenvalue weighted by atomic mass is 32.2. The van der Waals surface area contributed by atoms with Crippen molar-refractivity contribution in [3.05, 3.63) is 31.9 Å². The first kappa shape index (κ1) is 25.5. The summed E-state index contributed by atoms with van der Waals surface area (Å²) in [6, 6.07) is 2.04. The van der Waals surface area contributed by atoms with Crippen molar-refractivity contribution in [2.75, 3.05) is 37.7 Å². The summed E-state index contributed by atoms with van der Waals surface area (Å²) in [5.74, 6) is 0.610. The summed E-state index contributed by atoms with van der Waals surface area (Å²) < 4.78 is 7.55. The maximum absolute atomic E-state index is 13.2. The maximum atomic E-state index is 13.2. The number of unbranched alkanes of at least 4 members (excludes halogenated alkanes) is 5. The van der Waals surface area contributed by atoms with Crippen LogP contribution in [0.1, 0.15) is 62.1 Å². The molecule has 2 saturated heterocycles. The molecule has 0 radical (unpaired) electrons. The van der Waals surface area contributed by atoms with Crippen LogP contribution in [0.5, 0.6) is 0 Å². The summed E-state index contributed by atoms with van der Waals surface area (Å²) in [5, 5.41) is 9.60. The number of nitriles is 1. The third-order valence-corrected chi connectivity index (χ3v) is 7.54. The standard InChI is InChI=1S/C24H32N4O3S2/c1-4-5-6-7-8-9-10-28-23(30)20(33-24(28)32)15-18-17(2)19(16-25)22(29)26(3)21(18)27-11-13-31-14-12-27/h15H,4-14H2,1-3H3. The molecule has 2 aliphatic heterocycles. The predicted octanol–water partition coefficient (Wildman–Crippen LogP) is 3.96. The number of amides is 1. The van der Waals surface area contributed by atoms with Crippen molar-refractivity contribution < 1.29 is 9.53 Å². The third kappa shape index (κ3) is 5.68. The van der Waals surface area contributed by atoms with E-state index in [1.54, 1.807) is 24.9 Å². The van der Waals surface area contributed by atoms with Crippen LogP contribution in [0.4, 0.5) is 5.82 Å². The maximum Gasteiger partial charge on any atom is 0.270 e. The van der Waals surface area contributed by atoms with Crippen LogP contribution in [0.25, 0.3) is 6.08 Å². The Balaban J connectivity index is 1.89. The van der Waals surface area contributed by atoms with Gasteiger partial charge in [0, 0.05) is 32.2 Å².